The quantitative estimate of drug-likeness (QED) is 0.797. The predicted molar refractivity (Wildman–Crippen MR) is 87.5 cm³/mol. The van der Waals surface area contributed by atoms with Gasteiger partial charge in [0.05, 0.1) is 21.7 Å². The first-order valence-electron chi connectivity index (χ1n) is 6.41. The minimum atomic E-state index is 0.0498. The Morgan fingerprint density at radius 2 is 2.00 bits per heavy atom. The second kappa shape index (κ2) is 5.46. The van der Waals surface area contributed by atoms with Crippen molar-refractivity contribution in [1.29, 1.82) is 0 Å². The van der Waals surface area contributed by atoms with E-state index in [-0.39, 0.29) is 5.75 Å². The number of halogens is 2. The Balaban J connectivity index is 2.14. The van der Waals surface area contributed by atoms with E-state index in [1.807, 2.05) is 0 Å². The number of methoxy groups -OCH3 is 1. The second-order valence-electron chi connectivity index (χ2n) is 4.91. The Kier molecular flexibility index (Phi) is 3.79. The topological polar surface area (TPSA) is 81.3 Å². The number of ether oxygens (including phenoxy) is 1. The predicted octanol–water partition coefficient (Wildman–Crippen LogP) is 3.84. The van der Waals surface area contributed by atoms with Crippen LogP contribution in [0.25, 0.3) is 11.4 Å². The highest BCUT2D eigenvalue weighted by atomic mass is 79.9. The van der Waals surface area contributed by atoms with Crippen LogP contribution in [0.1, 0.15) is 24.5 Å². The van der Waals surface area contributed by atoms with E-state index in [4.69, 9.17) is 10.5 Å². The summed E-state index contributed by atoms with van der Waals surface area (Å²) < 4.78 is 6.46. The molecule has 0 unspecified atom stereocenters. The number of nitrogens with two attached hydrogens (primary N) is 1. The molecule has 0 aliphatic heterocycles. The maximum absolute atomic E-state index is 9.88. The molecule has 1 heterocycles. The number of aromatic nitrogens is 2. The van der Waals surface area contributed by atoms with Crippen LogP contribution in [-0.2, 0) is 0 Å². The number of hydrogen-bond acceptors (Lipinski definition) is 5. The van der Waals surface area contributed by atoms with Crippen LogP contribution in [0, 0.1) is 0 Å². The molecule has 5 nitrogen and oxygen atoms in total. The SMILES string of the molecule is COc1cc(-c2nc(N)c(Br)c(C3CC3)n2)cc(Br)c1O. The van der Waals surface area contributed by atoms with Crippen molar-refractivity contribution in [2.75, 3.05) is 12.8 Å². The maximum Gasteiger partial charge on any atom is 0.172 e. The van der Waals surface area contributed by atoms with Crippen LogP contribution in [0.15, 0.2) is 21.1 Å². The molecule has 1 aliphatic carbocycles. The fourth-order valence-corrected chi connectivity index (χ4v) is 3.04. The van der Waals surface area contributed by atoms with E-state index in [1.165, 1.54) is 7.11 Å². The van der Waals surface area contributed by atoms with Crippen molar-refractivity contribution in [3.8, 4) is 22.9 Å². The molecule has 0 saturated heterocycles. The lowest BCUT2D eigenvalue weighted by molar-refractivity contribution is 0.372. The minimum absolute atomic E-state index is 0.0498. The molecule has 110 valence electrons. The van der Waals surface area contributed by atoms with Crippen LogP contribution in [0.5, 0.6) is 11.5 Å². The van der Waals surface area contributed by atoms with E-state index in [9.17, 15) is 5.11 Å². The van der Waals surface area contributed by atoms with Crippen LogP contribution in [0.2, 0.25) is 0 Å². The minimum Gasteiger partial charge on any atom is -0.503 e. The average molecular weight is 415 g/mol. The van der Waals surface area contributed by atoms with Crippen molar-refractivity contribution in [2.24, 2.45) is 0 Å². The van der Waals surface area contributed by atoms with Crippen LogP contribution in [0.3, 0.4) is 0 Å². The number of aromatic hydroxyl groups is 1. The van der Waals surface area contributed by atoms with Gasteiger partial charge in [-0.25, -0.2) is 9.97 Å². The van der Waals surface area contributed by atoms with Crippen molar-refractivity contribution in [3.63, 3.8) is 0 Å². The zero-order valence-corrected chi connectivity index (χ0v) is 14.4. The van der Waals surface area contributed by atoms with Gasteiger partial charge in [0.1, 0.15) is 5.82 Å². The lowest BCUT2D eigenvalue weighted by Gasteiger charge is -2.11. The number of nitrogens with zero attached hydrogens (tertiary/aromatic N) is 2. The first kappa shape index (κ1) is 14.6. The first-order valence-corrected chi connectivity index (χ1v) is 7.99. The molecule has 1 fully saturated rings. The smallest absolute Gasteiger partial charge is 0.172 e. The molecule has 7 heteroatoms. The summed E-state index contributed by atoms with van der Waals surface area (Å²) >= 11 is 6.76. The summed E-state index contributed by atoms with van der Waals surface area (Å²) in [5.41, 5.74) is 7.65. The third-order valence-electron chi connectivity index (χ3n) is 3.37. The molecule has 3 N–H and O–H groups in total. The van der Waals surface area contributed by atoms with Gasteiger partial charge in [-0.3, -0.25) is 0 Å². The summed E-state index contributed by atoms with van der Waals surface area (Å²) in [6, 6.07) is 3.44. The summed E-state index contributed by atoms with van der Waals surface area (Å²) in [5.74, 6) is 1.80. The van der Waals surface area contributed by atoms with Crippen molar-refractivity contribution >= 4 is 37.7 Å². The van der Waals surface area contributed by atoms with Gasteiger partial charge in [0, 0.05) is 11.5 Å². The molecule has 1 aromatic carbocycles. The Labute approximate surface area is 138 Å². The van der Waals surface area contributed by atoms with Gasteiger partial charge in [0.25, 0.3) is 0 Å². The number of rotatable bonds is 3. The number of phenolic OH excluding ortho intramolecular Hbond substituents is 1. The van der Waals surface area contributed by atoms with Crippen LogP contribution < -0.4 is 10.5 Å². The Morgan fingerprint density at radius 3 is 2.62 bits per heavy atom. The normalized spacial score (nSPS) is 14.2. The van der Waals surface area contributed by atoms with E-state index in [2.05, 4.69) is 41.8 Å². The first-order chi connectivity index (χ1) is 10.0. The summed E-state index contributed by atoms with van der Waals surface area (Å²) in [6.07, 6.45) is 2.24. The average Bonchev–Trinajstić information content (AvgIpc) is 3.29. The molecule has 0 amide bonds. The highest BCUT2D eigenvalue weighted by molar-refractivity contribution is 9.11. The van der Waals surface area contributed by atoms with E-state index in [0.29, 0.717) is 27.8 Å². The van der Waals surface area contributed by atoms with Gasteiger partial charge in [-0.15, -0.1) is 0 Å². The zero-order valence-electron chi connectivity index (χ0n) is 11.2. The fraction of sp³-hybridized carbons (Fsp3) is 0.286. The molecular weight excluding hydrogens is 402 g/mol. The van der Waals surface area contributed by atoms with Crippen molar-refractivity contribution < 1.29 is 9.84 Å². The molecule has 1 aromatic heterocycles. The number of nitrogen functional groups attached to an aromatic ring is 1. The Hall–Kier alpha value is -1.34. The molecule has 2 aromatic rings. The Bertz CT molecular complexity index is 718. The molecule has 1 aliphatic rings. The number of benzene rings is 1. The van der Waals surface area contributed by atoms with Gasteiger partial charge in [0.15, 0.2) is 17.3 Å². The zero-order chi connectivity index (χ0) is 15.1. The van der Waals surface area contributed by atoms with Crippen molar-refractivity contribution in [1.82, 2.24) is 9.97 Å². The summed E-state index contributed by atoms with van der Waals surface area (Å²) in [6.45, 7) is 0. The standard InChI is InChI=1S/C14H13Br2N3O2/c1-21-9-5-7(4-8(15)12(9)20)14-18-11(6-2-3-6)10(16)13(17)19-14/h4-6,20H,2-3H2,1H3,(H2,17,18,19). The van der Waals surface area contributed by atoms with E-state index in [1.54, 1.807) is 12.1 Å². The van der Waals surface area contributed by atoms with E-state index < -0.39 is 0 Å². The molecule has 0 atom stereocenters. The van der Waals surface area contributed by atoms with Crippen molar-refractivity contribution in [2.45, 2.75) is 18.8 Å². The van der Waals surface area contributed by atoms with Crippen LogP contribution >= 0.6 is 31.9 Å². The Morgan fingerprint density at radius 1 is 1.29 bits per heavy atom. The van der Waals surface area contributed by atoms with Gasteiger partial charge in [-0.2, -0.15) is 0 Å². The third-order valence-corrected chi connectivity index (χ3v) is 4.79. The lowest BCUT2D eigenvalue weighted by Crippen LogP contribution is -2.02. The molecular formula is C14H13Br2N3O2. The van der Waals surface area contributed by atoms with Gasteiger partial charge in [-0.05, 0) is 56.8 Å². The van der Waals surface area contributed by atoms with Gasteiger partial charge in [-0.1, -0.05) is 0 Å². The summed E-state index contributed by atoms with van der Waals surface area (Å²) in [4.78, 5) is 8.94. The monoisotopic (exact) mass is 413 g/mol. The molecule has 21 heavy (non-hydrogen) atoms. The molecule has 1 saturated carbocycles. The highest BCUT2D eigenvalue weighted by Crippen LogP contribution is 2.44. The number of phenols is 1. The lowest BCUT2D eigenvalue weighted by atomic mass is 10.1. The molecule has 0 radical (unpaired) electrons. The number of hydrogen-bond donors (Lipinski definition) is 2. The van der Waals surface area contributed by atoms with Crippen molar-refractivity contribution in [3.05, 3.63) is 26.8 Å². The third kappa shape index (κ3) is 2.72. The maximum atomic E-state index is 9.88. The largest absolute Gasteiger partial charge is 0.503 e. The van der Waals surface area contributed by atoms with Gasteiger partial charge < -0.3 is 15.6 Å². The highest BCUT2D eigenvalue weighted by Gasteiger charge is 2.29. The van der Waals surface area contributed by atoms with Gasteiger partial charge in [0.2, 0.25) is 0 Å². The second-order valence-corrected chi connectivity index (χ2v) is 6.56. The van der Waals surface area contributed by atoms with Crippen LogP contribution in [-0.4, -0.2) is 22.2 Å². The van der Waals surface area contributed by atoms with Gasteiger partial charge >= 0.3 is 0 Å². The molecule has 0 bridgehead atoms. The van der Waals surface area contributed by atoms with Crippen LogP contribution in [0.4, 0.5) is 5.82 Å². The summed E-state index contributed by atoms with van der Waals surface area (Å²) in [7, 11) is 1.50. The van der Waals surface area contributed by atoms with E-state index >= 15 is 0 Å². The van der Waals surface area contributed by atoms with E-state index in [0.717, 1.165) is 28.6 Å². The molecule has 0 spiro atoms. The summed E-state index contributed by atoms with van der Waals surface area (Å²) in [5, 5.41) is 9.88. The molecule has 3 rings (SSSR count). The number of anilines is 1. The fourth-order valence-electron chi connectivity index (χ4n) is 2.10.